The molecule has 1 rings (SSSR count). The molecule has 66 valence electrons. The van der Waals surface area contributed by atoms with Crippen LogP contribution in [-0.2, 0) is 0 Å². The van der Waals surface area contributed by atoms with E-state index in [1.165, 1.54) is 18.3 Å². The number of hydrogen-bond donors (Lipinski definition) is 4. The highest BCUT2D eigenvalue weighted by Gasteiger charge is 2.06. The van der Waals surface area contributed by atoms with E-state index in [1.807, 2.05) is 0 Å². The van der Waals surface area contributed by atoms with Gasteiger partial charge in [-0.1, -0.05) is 6.07 Å². The number of hydrogen-bond acceptors (Lipinski definition) is 5. The van der Waals surface area contributed by atoms with Gasteiger partial charge >= 0.3 is 0 Å². The lowest BCUT2D eigenvalue weighted by Crippen LogP contribution is -2.01. The van der Waals surface area contributed by atoms with Crippen LogP contribution in [0.3, 0.4) is 0 Å². The van der Waals surface area contributed by atoms with E-state index < -0.39 is 12.6 Å². The van der Waals surface area contributed by atoms with Gasteiger partial charge in [0.2, 0.25) is 0 Å². The maximum absolute atomic E-state index is 8.64. The predicted molar refractivity (Wildman–Crippen MR) is 38.6 cm³/mol. The summed E-state index contributed by atoms with van der Waals surface area (Å²) in [5.74, 6) is 0. The lowest BCUT2D eigenvalue weighted by atomic mass is 10.2. The van der Waals surface area contributed by atoms with Crippen LogP contribution in [-0.4, -0.2) is 25.4 Å². The highest BCUT2D eigenvalue weighted by Crippen LogP contribution is 2.11. The van der Waals surface area contributed by atoms with Crippen LogP contribution in [0.1, 0.15) is 23.8 Å². The molecule has 0 spiro atoms. The molecule has 0 aliphatic carbocycles. The van der Waals surface area contributed by atoms with Crippen LogP contribution in [0.5, 0.6) is 0 Å². The van der Waals surface area contributed by atoms with E-state index in [0.29, 0.717) is 0 Å². The molecule has 0 fully saturated rings. The standard InChI is InChI=1S/C7H9NO4/c9-6(10)4-1-2-5(7(11)12)8-3-4/h1-3,6-7,9-12H. The molecule has 12 heavy (non-hydrogen) atoms. The molecule has 0 aliphatic heterocycles. The molecule has 0 saturated heterocycles. The zero-order chi connectivity index (χ0) is 9.14. The van der Waals surface area contributed by atoms with Crippen molar-refractivity contribution >= 4 is 0 Å². The molecule has 0 aromatic carbocycles. The molecule has 0 aliphatic rings. The van der Waals surface area contributed by atoms with Crippen LogP contribution >= 0.6 is 0 Å². The van der Waals surface area contributed by atoms with Gasteiger partial charge in [-0.2, -0.15) is 0 Å². The first-order valence-corrected chi connectivity index (χ1v) is 3.29. The fraction of sp³-hybridized carbons (Fsp3) is 0.286. The normalized spacial score (nSPS) is 11.2. The molecule has 1 aromatic heterocycles. The summed E-state index contributed by atoms with van der Waals surface area (Å²) in [6.07, 6.45) is -2.04. The summed E-state index contributed by atoms with van der Waals surface area (Å²) < 4.78 is 0. The first-order chi connectivity index (χ1) is 5.61. The van der Waals surface area contributed by atoms with E-state index in [4.69, 9.17) is 20.4 Å². The second-order valence-corrected chi connectivity index (χ2v) is 2.26. The highest BCUT2D eigenvalue weighted by molar-refractivity contribution is 5.15. The quantitative estimate of drug-likeness (QED) is 0.430. The molecule has 5 nitrogen and oxygen atoms in total. The lowest BCUT2D eigenvalue weighted by Gasteiger charge is -2.05. The first-order valence-electron chi connectivity index (χ1n) is 3.29. The van der Waals surface area contributed by atoms with E-state index in [0.717, 1.165) is 0 Å². The largest absolute Gasteiger partial charge is 0.364 e. The van der Waals surface area contributed by atoms with Gasteiger partial charge in [0, 0.05) is 11.8 Å². The van der Waals surface area contributed by atoms with Crippen molar-refractivity contribution in [2.24, 2.45) is 0 Å². The van der Waals surface area contributed by atoms with Crippen molar-refractivity contribution < 1.29 is 20.4 Å². The number of nitrogens with zero attached hydrogens (tertiary/aromatic N) is 1. The molecule has 0 amide bonds. The fourth-order valence-electron chi connectivity index (χ4n) is 0.722. The van der Waals surface area contributed by atoms with E-state index >= 15 is 0 Å². The average Bonchev–Trinajstić information content (AvgIpc) is 2.04. The van der Waals surface area contributed by atoms with Gasteiger partial charge in [-0.05, 0) is 6.07 Å². The molecule has 0 saturated carbocycles. The maximum Gasteiger partial charge on any atom is 0.196 e. The predicted octanol–water partition coefficient (Wildman–Crippen LogP) is -0.952. The average molecular weight is 171 g/mol. The Bertz CT molecular complexity index is 217. The zero-order valence-electron chi connectivity index (χ0n) is 6.12. The van der Waals surface area contributed by atoms with Crippen LogP contribution in [0.25, 0.3) is 0 Å². The first kappa shape index (κ1) is 9.08. The molecule has 0 radical (unpaired) electrons. The molecular weight excluding hydrogens is 162 g/mol. The van der Waals surface area contributed by atoms with Gasteiger partial charge in [-0.3, -0.25) is 4.98 Å². The van der Waals surface area contributed by atoms with Crippen LogP contribution in [0, 0.1) is 0 Å². The lowest BCUT2D eigenvalue weighted by molar-refractivity contribution is -0.0486. The zero-order valence-corrected chi connectivity index (χ0v) is 6.12. The fourth-order valence-corrected chi connectivity index (χ4v) is 0.722. The number of aliphatic hydroxyl groups excluding tert-OH is 2. The SMILES string of the molecule is OC(O)c1ccc(C(O)O)nc1. The number of aliphatic hydroxyl groups is 4. The van der Waals surface area contributed by atoms with Gasteiger partial charge in [0.15, 0.2) is 12.6 Å². The Labute approximate surface area is 68.6 Å². The molecule has 0 bridgehead atoms. The molecule has 0 atom stereocenters. The molecule has 4 N–H and O–H groups in total. The van der Waals surface area contributed by atoms with Gasteiger partial charge in [0.05, 0.1) is 5.69 Å². The third-order valence-corrected chi connectivity index (χ3v) is 1.37. The summed E-state index contributed by atoms with van der Waals surface area (Å²) in [7, 11) is 0. The summed E-state index contributed by atoms with van der Waals surface area (Å²) in [6.45, 7) is 0. The second kappa shape index (κ2) is 3.59. The van der Waals surface area contributed by atoms with Crippen LogP contribution in [0.15, 0.2) is 18.3 Å². The van der Waals surface area contributed by atoms with Crippen molar-refractivity contribution in [1.82, 2.24) is 4.98 Å². The second-order valence-electron chi connectivity index (χ2n) is 2.26. The summed E-state index contributed by atoms with van der Waals surface area (Å²) >= 11 is 0. The summed E-state index contributed by atoms with van der Waals surface area (Å²) in [5.41, 5.74) is 0.277. The monoisotopic (exact) mass is 171 g/mol. The third-order valence-electron chi connectivity index (χ3n) is 1.37. The third kappa shape index (κ3) is 1.99. The van der Waals surface area contributed by atoms with Gasteiger partial charge in [-0.15, -0.1) is 0 Å². The van der Waals surface area contributed by atoms with E-state index in [1.54, 1.807) is 0 Å². The Morgan fingerprint density at radius 3 is 2.00 bits per heavy atom. The Morgan fingerprint density at radius 2 is 1.67 bits per heavy atom. The van der Waals surface area contributed by atoms with Gasteiger partial charge in [-0.25, -0.2) is 0 Å². The van der Waals surface area contributed by atoms with Gasteiger partial charge in [0.1, 0.15) is 0 Å². The smallest absolute Gasteiger partial charge is 0.196 e. The summed E-state index contributed by atoms with van der Waals surface area (Å²) in [4.78, 5) is 3.58. The maximum atomic E-state index is 8.64. The van der Waals surface area contributed by atoms with Gasteiger partial charge in [0.25, 0.3) is 0 Å². The van der Waals surface area contributed by atoms with Crippen molar-refractivity contribution in [3.63, 3.8) is 0 Å². The number of rotatable bonds is 2. The minimum atomic E-state index is -1.63. The molecule has 5 heteroatoms. The summed E-state index contributed by atoms with van der Waals surface area (Å²) in [5, 5.41) is 34.5. The van der Waals surface area contributed by atoms with E-state index in [2.05, 4.69) is 4.98 Å². The Kier molecular flexibility index (Phi) is 2.72. The van der Waals surface area contributed by atoms with Crippen LogP contribution in [0.4, 0.5) is 0 Å². The van der Waals surface area contributed by atoms with Crippen molar-refractivity contribution in [3.05, 3.63) is 29.6 Å². The highest BCUT2D eigenvalue weighted by atomic mass is 16.5. The van der Waals surface area contributed by atoms with E-state index in [-0.39, 0.29) is 11.3 Å². The minimum Gasteiger partial charge on any atom is -0.364 e. The number of aromatic nitrogens is 1. The van der Waals surface area contributed by atoms with Crippen LogP contribution in [0.2, 0.25) is 0 Å². The van der Waals surface area contributed by atoms with Gasteiger partial charge < -0.3 is 20.4 Å². The number of pyridine rings is 1. The summed E-state index contributed by atoms with van der Waals surface area (Å²) in [6, 6.07) is 2.66. The Balaban J connectivity index is 2.86. The Hall–Kier alpha value is -1.01. The van der Waals surface area contributed by atoms with Crippen LogP contribution < -0.4 is 0 Å². The van der Waals surface area contributed by atoms with Crippen molar-refractivity contribution in [2.45, 2.75) is 12.6 Å². The van der Waals surface area contributed by atoms with Crippen molar-refractivity contribution in [1.29, 1.82) is 0 Å². The van der Waals surface area contributed by atoms with Crippen molar-refractivity contribution in [2.75, 3.05) is 0 Å². The Morgan fingerprint density at radius 1 is 1.00 bits per heavy atom. The molecule has 0 unspecified atom stereocenters. The van der Waals surface area contributed by atoms with E-state index in [9.17, 15) is 0 Å². The van der Waals surface area contributed by atoms with Crippen molar-refractivity contribution in [3.8, 4) is 0 Å². The molecule has 1 aromatic rings. The molecular formula is C7H9NO4. The minimum absolute atomic E-state index is 0.0689. The molecule has 1 heterocycles. The topological polar surface area (TPSA) is 93.8 Å².